The average Bonchev–Trinajstić information content (AvgIpc) is 2.32. The predicted molar refractivity (Wildman–Crippen MR) is 55.3 cm³/mol. The fourth-order valence-electron chi connectivity index (χ4n) is 1.47. The summed E-state index contributed by atoms with van der Waals surface area (Å²) in [4.78, 5) is 0. The van der Waals surface area contributed by atoms with Crippen LogP contribution in [0.3, 0.4) is 0 Å². The van der Waals surface area contributed by atoms with Crippen LogP contribution in [0.5, 0.6) is 0 Å². The van der Waals surface area contributed by atoms with Crippen LogP contribution >= 0.6 is 15.9 Å². The van der Waals surface area contributed by atoms with Gasteiger partial charge in [-0.05, 0) is 41.1 Å². The summed E-state index contributed by atoms with van der Waals surface area (Å²) < 4.78 is 15.7. The molecule has 0 unspecified atom stereocenters. The quantitative estimate of drug-likeness (QED) is 0.667. The number of halogens is 2. The van der Waals surface area contributed by atoms with Gasteiger partial charge in [-0.25, -0.2) is 4.39 Å². The van der Waals surface area contributed by atoms with Crippen molar-refractivity contribution in [3.05, 3.63) is 34.2 Å². The third-order valence-corrected chi connectivity index (χ3v) is 2.93. The molecule has 2 rings (SSSR count). The molecule has 1 heterocycles. The largest absolute Gasteiger partial charge is 0.348 e. The summed E-state index contributed by atoms with van der Waals surface area (Å²) in [5.74, 6) is -0.214. The van der Waals surface area contributed by atoms with Gasteiger partial charge in [0.25, 0.3) is 0 Å². The monoisotopic (exact) mass is 241 g/mol. The molecule has 0 radical (unpaired) electrons. The minimum Gasteiger partial charge on any atom is -0.348 e. The number of fused-ring (bicyclic) bond motifs is 1. The first-order chi connectivity index (χ1) is 6.09. The Morgan fingerprint density at radius 2 is 2.00 bits per heavy atom. The summed E-state index contributed by atoms with van der Waals surface area (Å²) in [5.41, 5.74) is 2.06. The molecule has 0 saturated heterocycles. The van der Waals surface area contributed by atoms with E-state index in [1.54, 1.807) is 12.1 Å². The minimum absolute atomic E-state index is 0.214. The van der Waals surface area contributed by atoms with Gasteiger partial charge >= 0.3 is 0 Å². The topological polar surface area (TPSA) is 4.93 Å². The second-order valence-corrected chi connectivity index (χ2v) is 4.02. The molecule has 0 fully saturated rings. The number of aryl methyl sites for hydroxylation is 2. The van der Waals surface area contributed by atoms with E-state index in [2.05, 4.69) is 15.9 Å². The van der Waals surface area contributed by atoms with Crippen LogP contribution < -0.4 is 0 Å². The van der Waals surface area contributed by atoms with E-state index < -0.39 is 0 Å². The summed E-state index contributed by atoms with van der Waals surface area (Å²) in [7, 11) is 1.94. The molecule has 0 atom stereocenters. The van der Waals surface area contributed by atoms with Crippen molar-refractivity contribution in [2.24, 2.45) is 7.05 Å². The van der Waals surface area contributed by atoms with Crippen LogP contribution in [0.4, 0.5) is 4.39 Å². The lowest BCUT2D eigenvalue weighted by molar-refractivity contribution is 0.622. The molecule has 2 aromatic rings. The first kappa shape index (κ1) is 8.75. The molecule has 0 N–H and O–H groups in total. The molecule has 13 heavy (non-hydrogen) atoms. The van der Waals surface area contributed by atoms with Crippen molar-refractivity contribution in [1.82, 2.24) is 4.57 Å². The highest BCUT2D eigenvalue weighted by molar-refractivity contribution is 9.10. The molecule has 1 nitrogen and oxygen atoms in total. The van der Waals surface area contributed by atoms with Crippen LogP contribution in [0.15, 0.2) is 22.7 Å². The van der Waals surface area contributed by atoms with E-state index in [-0.39, 0.29) is 5.82 Å². The highest BCUT2D eigenvalue weighted by atomic mass is 79.9. The molecule has 3 heteroatoms. The molecule has 0 bridgehead atoms. The van der Waals surface area contributed by atoms with E-state index >= 15 is 0 Å². The zero-order valence-electron chi connectivity index (χ0n) is 7.44. The van der Waals surface area contributed by atoms with E-state index in [0.29, 0.717) is 4.47 Å². The highest BCUT2D eigenvalue weighted by Crippen LogP contribution is 2.25. The predicted octanol–water partition coefficient (Wildman–Crippen LogP) is 3.39. The number of aromatic nitrogens is 1. The van der Waals surface area contributed by atoms with Crippen molar-refractivity contribution >= 4 is 26.8 Å². The standard InChI is InChI=1S/C10H9BrFN/c1-6-3-7-4-8(11)9(12)5-10(7)13(6)2/h3-5H,1-2H3. The molecule has 0 aliphatic carbocycles. The third-order valence-electron chi connectivity index (χ3n) is 2.32. The van der Waals surface area contributed by atoms with Crippen LogP contribution in [0, 0.1) is 12.7 Å². The van der Waals surface area contributed by atoms with Gasteiger partial charge in [0.15, 0.2) is 0 Å². The van der Waals surface area contributed by atoms with Crippen LogP contribution in [0.1, 0.15) is 5.69 Å². The fraction of sp³-hybridized carbons (Fsp3) is 0.200. The Hall–Kier alpha value is -0.830. The normalized spacial score (nSPS) is 11.1. The summed E-state index contributed by atoms with van der Waals surface area (Å²) in [6.07, 6.45) is 0. The van der Waals surface area contributed by atoms with E-state index in [9.17, 15) is 4.39 Å². The Balaban J connectivity index is 2.89. The van der Waals surface area contributed by atoms with Gasteiger partial charge in [0, 0.05) is 18.1 Å². The third kappa shape index (κ3) is 1.27. The number of benzene rings is 1. The lowest BCUT2D eigenvalue weighted by Crippen LogP contribution is -1.89. The minimum atomic E-state index is -0.214. The van der Waals surface area contributed by atoms with E-state index in [4.69, 9.17) is 0 Å². The van der Waals surface area contributed by atoms with Gasteiger partial charge in [0.05, 0.1) is 9.99 Å². The van der Waals surface area contributed by atoms with Gasteiger partial charge < -0.3 is 4.57 Å². The number of nitrogens with zero attached hydrogens (tertiary/aromatic N) is 1. The summed E-state index contributed by atoms with van der Waals surface area (Å²) in [5, 5.41) is 1.06. The smallest absolute Gasteiger partial charge is 0.139 e. The molecule has 68 valence electrons. The van der Waals surface area contributed by atoms with Gasteiger partial charge in [0.2, 0.25) is 0 Å². The van der Waals surface area contributed by atoms with E-state index in [1.807, 2.05) is 24.6 Å². The van der Waals surface area contributed by atoms with E-state index in [1.165, 1.54) is 0 Å². The molecule has 1 aromatic heterocycles. The molecular weight excluding hydrogens is 233 g/mol. The number of rotatable bonds is 0. The van der Waals surface area contributed by atoms with Gasteiger partial charge in [-0.1, -0.05) is 0 Å². The van der Waals surface area contributed by atoms with Gasteiger partial charge in [0.1, 0.15) is 5.82 Å². The molecule has 0 amide bonds. The van der Waals surface area contributed by atoms with Crippen molar-refractivity contribution in [2.45, 2.75) is 6.92 Å². The molecular formula is C10H9BrFN. The zero-order valence-corrected chi connectivity index (χ0v) is 9.02. The molecule has 1 aromatic carbocycles. The first-order valence-corrected chi connectivity index (χ1v) is 4.80. The van der Waals surface area contributed by atoms with Crippen molar-refractivity contribution in [3.8, 4) is 0 Å². The molecule has 0 saturated carbocycles. The number of hydrogen-bond donors (Lipinski definition) is 0. The van der Waals surface area contributed by atoms with Crippen LogP contribution in [0.25, 0.3) is 10.9 Å². The zero-order chi connectivity index (χ0) is 9.59. The summed E-state index contributed by atoms with van der Waals surface area (Å²) in [6, 6.07) is 5.39. The summed E-state index contributed by atoms with van der Waals surface area (Å²) in [6.45, 7) is 2.01. The van der Waals surface area contributed by atoms with Gasteiger partial charge in [-0.15, -0.1) is 0 Å². The summed E-state index contributed by atoms with van der Waals surface area (Å²) >= 11 is 3.17. The van der Waals surface area contributed by atoms with Crippen molar-refractivity contribution < 1.29 is 4.39 Å². The fourth-order valence-corrected chi connectivity index (χ4v) is 1.83. The van der Waals surface area contributed by atoms with E-state index in [0.717, 1.165) is 16.6 Å². The Labute approximate surface area is 84.3 Å². The lowest BCUT2D eigenvalue weighted by atomic mass is 10.2. The second-order valence-electron chi connectivity index (χ2n) is 3.17. The van der Waals surface area contributed by atoms with Crippen molar-refractivity contribution in [3.63, 3.8) is 0 Å². The highest BCUT2D eigenvalue weighted by Gasteiger charge is 2.06. The Kier molecular flexibility index (Phi) is 1.91. The maximum Gasteiger partial charge on any atom is 0.139 e. The Bertz CT molecular complexity index is 473. The second kappa shape index (κ2) is 2.84. The van der Waals surface area contributed by atoms with Crippen molar-refractivity contribution in [1.29, 1.82) is 0 Å². The maximum atomic E-state index is 13.2. The van der Waals surface area contributed by atoms with Crippen LogP contribution in [0.2, 0.25) is 0 Å². The lowest BCUT2D eigenvalue weighted by Gasteiger charge is -1.99. The first-order valence-electron chi connectivity index (χ1n) is 4.00. The van der Waals surface area contributed by atoms with Crippen LogP contribution in [-0.4, -0.2) is 4.57 Å². The van der Waals surface area contributed by atoms with Crippen molar-refractivity contribution in [2.75, 3.05) is 0 Å². The van der Waals surface area contributed by atoms with Gasteiger partial charge in [-0.3, -0.25) is 0 Å². The average molecular weight is 242 g/mol. The SMILES string of the molecule is Cc1cc2cc(Br)c(F)cc2n1C. The Morgan fingerprint density at radius 1 is 1.31 bits per heavy atom. The van der Waals surface area contributed by atoms with Crippen LogP contribution in [-0.2, 0) is 7.05 Å². The van der Waals surface area contributed by atoms with Gasteiger partial charge in [-0.2, -0.15) is 0 Å². The maximum absolute atomic E-state index is 13.2. The molecule has 0 spiro atoms. The Morgan fingerprint density at radius 3 is 2.69 bits per heavy atom. The molecule has 0 aliphatic rings. The number of hydrogen-bond acceptors (Lipinski definition) is 0. The molecule has 0 aliphatic heterocycles.